The molecule has 1 fully saturated rings. The molecular formula is C16H23F3N2. The van der Waals surface area contributed by atoms with Crippen LogP contribution < -0.4 is 10.2 Å². The molecule has 0 bridgehead atoms. The minimum atomic E-state index is -4.17. The number of aryl methyl sites for hydroxylation is 1. The van der Waals surface area contributed by atoms with Gasteiger partial charge in [0.1, 0.15) is 6.54 Å². The molecule has 2 nitrogen and oxygen atoms in total. The van der Waals surface area contributed by atoms with Crippen LogP contribution in [0.4, 0.5) is 18.9 Å². The molecule has 0 saturated heterocycles. The van der Waals surface area contributed by atoms with E-state index in [2.05, 4.69) is 12.2 Å². The van der Waals surface area contributed by atoms with Crippen molar-refractivity contribution in [2.45, 2.75) is 51.9 Å². The third-order valence-corrected chi connectivity index (χ3v) is 3.62. The summed E-state index contributed by atoms with van der Waals surface area (Å²) in [4.78, 5) is 1.53. The highest BCUT2D eigenvalue weighted by atomic mass is 19.4. The zero-order chi connectivity index (χ0) is 15.5. The first-order valence-electron chi connectivity index (χ1n) is 7.54. The molecule has 0 aromatic heterocycles. The van der Waals surface area contributed by atoms with Gasteiger partial charge in [-0.2, -0.15) is 13.2 Å². The molecule has 0 aliphatic heterocycles. The van der Waals surface area contributed by atoms with Crippen molar-refractivity contribution in [1.29, 1.82) is 0 Å². The quantitative estimate of drug-likeness (QED) is 0.765. The average molecular weight is 300 g/mol. The number of hydrogen-bond acceptors (Lipinski definition) is 2. The Kier molecular flexibility index (Phi) is 5.14. The molecule has 0 amide bonds. The Morgan fingerprint density at radius 1 is 1.29 bits per heavy atom. The van der Waals surface area contributed by atoms with E-state index in [0.29, 0.717) is 6.54 Å². The molecule has 2 rings (SSSR count). The Morgan fingerprint density at radius 2 is 2.00 bits per heavy atom. The van der Waals surface area contributed by atoms with Gasteiger partial charge in [0.15, 0.2) is 0 Å². The van der Waals surface area contributed by atoms with Gasteiger partial charge < -0.3 is 10.2 Å². The maximum absolute atomic E-state index is 12.8. The predicted molar refractivity (Wildman–Crippen MR) is 79.6 cm³/mol. The molecular weight excluding hydrogens is 277 g/mol. The Morgan fingerprint density at radius 3 is 2.57 bits per heavy atom. The Labute approximate surface area is 124 Å². The largest absolute Gasteiger partial charge is 0.405 e. The first kappa shape index (κ1) is 16.1. The normalized spacial score (nSPS) is 15.3. The first-order valence-corrected chi connectivity index (χ1v) is 7.54. The Hall–Kier alpha value is -1.23. The molecule has 0 radical (unpaired) electrons. The molecule has 1 aliphatic rings. The van der Waals surface area contributed by atoms with Gasteiger partial charge in [-0.05, 0) is 44.4 Å². The van der Waals surface area contributed by atoms with E-state index in [1.54, 1.807) is 0 Å². The summed E-state index contributed by atoms with van der Waals surface area (Å²) in [5.41, 5.74) is 2.76. The maximum Gasteiger partial charge on any atom is 0.405 e. The zero-order valence-corrected chi connectivity index (χ0v) is 12.6. The number of alkyl halides is 3. The smallest absolute Gasteiger partial charge is 0.359 e. The standard InChI is InChI=1S/C16H23F3N2/c1-3-8-20-10-13-9-12(2)4-7-15(13)21(14-5-6-14)11-16(17,18)19/h4,7,9,14,20H,3,5-6,8,10-11H2,1-2H3. The third-order valence-electron chi connectivity index (χ3n) is 3.62. The molecule has 5 heteroatoms. The summed E-state index contributed by atoms with van der Waals surface area (Å²) in [5, 5.41) is 3.29. The highest BCUT2D eigenvalue weighted by molar-refractivity contribution is 5.56. The number of halogens is 3. The van der Waals surface area contributed by atoms with Gasteiger partial charge in [0.2, 0.25) is 0 Å². The minimum absolute atomic E-state index is 0.0410. The van der Waals surface area contributed by atoms with Crippen LogP contribution in [-0.4, -0.2) is 25.3 Å². The fourth-order valence-corrected chi connectivity index (χ4v) is 2.53. The summed E-state index contributed by atoms with van der Waals surface area (Å²) in [6, 6.07) is 5.76. The van der Waals surface area contributed by atoms with Gasteiger partial charge in [-0.15, -0.1) is 0 Å². The van der Waals surface area contributed by atoms with Crippen LogP contribution in [0, 0.1) is 6.92 Å². The van der Waals surface area contributed by atoms with Crippen LogP contribution in [0.25, 0.3) is 0 Å². The lowest BCUT2D eigenvalue weighted by molar-refractivity contribution is -0.120. The summed E-state index contributed by atoms with van der Waals surface area (Å²) in [6.45, 7) is 4.67. The zero-order valence-electron chi connectivity index (χ0n) is 12.6. The van der Waals surface area contributed by atoms with Gasteiger partial charge in [-0.3, -0.25) is 0 Å². The van der Waals surface area contributed by atoms with Crippen LogP contribution in [0.3, 0.4) is 0 Å². The number of hydrogen-bond donors (Lipinski definition) is 1. The molecule has 1 aromatic rings. The lowest BCUT2D eigenvalue weighted by atomic mass is 10.1. The molecule has 1 aromatic carbocycles. The van der Waals surface area contributed by atoms with Crippen molar-refractivity contribution in [3.63, 3.8) is 0 Å². The van der Waals surface area contributed by atoms with Gasteiger partial charge in [0.05, 0.1) is 0 Å². The van der Waals surface area contributed by atoms with Gasteiger partial charge in [0.25, 0.3) is 0 Å². The second-order valence-corrected chi connectivity index (χ2v) is 5.78. The summed E-state index contributed by atoms with van der Waals surface area (Å²) < 4.78 is 38.5. The van der Waals surface area contributed by atoms with Crippen molar-refractivity contribution in [2.75, 3.05) is 18.0 Å². The van der Waals surface area contributed by atoms with E-state index in [1.807, 2.05) is 25.1 Å². The summed E-state index contributed by atoms with van der Waals surface area (Å²) >= 11 is 0. The van der Waals surface area contributed by atoms with Crippen molar-refractivity contribution in [3.8, 4) is 0 Å². The number of anilines is 1. The minimum Gasteiger partial charge on any atom is -0.359 e. The number of benzene rings is 1. The van der Waals surface area contributed by atoms with Crippen LogP contribution in [0.2, 0.25) is 0 Å². The molecule has 1 N–H and O–H groups in total. The summed E-state index contributed by atoms with van der Waals surface area (Å²) in [5.74, 6) is 0. The summed E-state index contributed by atoms with van der Waals surface area (Å²) in [7, 11) is 0. The van der Waals surface area contributed by atoms with E-state index in [9.17, 15) is 13.2 Å². The molecule has 0 spiro atoms. The molecule has 21 heavy (non-hydrogen) atoms. The number of nitrogens with zero attached hydrogens (tertiary/aromatic N) is 1. The van der Waals surface area contributed by atoms with Gasteiger partial charge in [0, 0.05) is 18.3 Å². The van der Waals surface area contributed by atoms with Crippen molar-refractivity contribution >= 4 is 5.69 Å². The fraction of sp³-hybridized carbons (Fsp3) is 0.625. The number of nitrogens with one attached hydrogen (secondary N) is 1. The molecule has 0 heterocycles. The Bertz CT molecular complexity index is 467. The van der Waals surface area contributed by atoms with Gasteiger partial charge in [-0.1, -0.05) is 24.6 Å². The van der Waals surface area contributed by atoms with Gasteiger partial charge in [-0.25, -0.2) is 0 Å². The lowest BCUT2D eigenvalue weighted by Gasteiger charge is -2.28. The average Bonchev–Trinajstić information content (AvgIpc) is 3.20. The van der Waals surface area contributed by atoms with Crippen molar-refractivity contribution in [3.05, 3.63) is 29.3 Å². The third kappa shape index (κ3) is 4.92. The van der Waals surface area contributed by atoms with E-state index in [0.717, 1.165) is 42.6 Å². The molecule has 1 aliphatic carbocycles. The predicted octanol–water partition coefficient (Wildman–Crippen LogP) is 4.03. The van der Waals surface area contributed by atoms with E-state index in [-0.39, 0.29) is 6.04 Å². The maximum atomic E-state index is 12.8. The highest BCUT2D eigenvalue weighted by Crippen LogP contribution is 2.36. The first-order chi connectivity index (χ1) is 9.90. The topological polar surface area (TPSA) is 15.3 Å². The van der Waals surface area contributed by atoms with Crippen LogP contribution in [0.1, 0.15) is 37.3 Å². The van der Waals surface area contributed by atoms with Crippen LogP contribution >= 0.6 is 0 Å². The SMILES string of the molecule is CCCNCc1cc(C)ccc1N(CC(F)(F)F)C1CC1. The molecule has 1 saturated carbocycles. The van der Waals surface area contributed by atoms with Crippen LogP contribution in [0.15, 0.2) is 18.2 Å². The van der Waals surface area contributed by atoms with Gasteiger partial charge >= 0.3 is 6.18 Å². The second kappa shape index (κ2) is 6.69. The molecule has 118 valence electrons. The second-order valence-electron chi connectivity index (χ2n) is 5.78. The van der Waals surface area contributed by atoms with Crippen molar-refractivity contribution < 1.29 is 13.2 Å². The lowest BCUT2D eigenvalue weighted by Crippen LogP contribution is -2.37. The molecule has 0 atom stereocenters. The monoisotopic (exact) mass is 300 g/mol. The van der Waals surface area contributed by atoms with E-state index >= 15 is 0 Å². The summed E-state index contributed by atoms with van der Waals surface area (Å²) in [6.07, 6.45) is -1.45. The Balaban J connectivity index is 2.22. The van der Waals surface area contributed by atoms with E-state index in [1.165, 1.54) is 4.90 Å². The fourth-order valence-electron chi connectivity index (χ4n) is 2.53. The van der Waals surface area contributed by atoms with E-state index < -0.39 is 12.7 Å². The van der Waals surface area contributed by atoms with E-state index in [4.69, 9.17) is 0 Å². The van der Waals surface area contributed by atoms with Crippen LogP contribution in [-0.2, 0) is 6.54 Å². The number of rotatable bonds is 7. The highest BCUT2D eigenvalue weighted by Gasteiger charge is 2.38. The molecule has 0 unspecified atom stereocenters. The van der Waals surface area contributed by atoms with Crippen LogP contribution in [0.5, 0.6) is 0 Å². The van der Waals surface area contributed by atoms with Crippen molar-refractivity contribution in [2.24, 2.45) is 0 Å². The van der Waals surface area contributed by atoms with Crippen molar-refractivity contribution in [1.82, 2.24) is 5.32 Å².